The number of aromatic hydroxyl groups is 1. The van der Waals surface area contributed by atoms with Gasteiger partial charge in [0.25, 0.3) is 6.47 Å². The molecule has 0 saturated carbocycles. The highest BCUT2D eigenvalue weighted by molar-refractivity contribution is 5.55. The third-order valence-corrected chi connectivity index (χ3v) is 1.77. The van der Waals surface area contributed by atoms with Gasteiger partial charge in [-0.25, -0.2) is 0 Å². The van der Waals surface area contributed by atoms with Crippen molar-refractivity contribution >= 4 is 12.5 Å². The van der Waals surface area contributed by atoms with Crippen LogP contribution in [-0.4, -0.2) is 25.3 Å². The Bertz CT molecular complexity index is 358. The third-order valence-electron chi connectivity index (χ3n) is 1.77. The monoisotopic (exact) mass is 208 g/mol. The van der Waals surface area contributed by atoms with E-state index in [0.29, 0.717) is 12.2 Å². The number of phenols is 1. The van der Waals surface area contributed by atoms with Gasteiger partial charge in [0.15, 0.2) is 11.5 Å². The maximum atomic E-state index is 9.85. The van der Waals surface area contributed by atoms with Crippen LogP contribution < -0.4 is 4.74 Å². The molecule has 0 atom stereocenters. The Kier molecular flexibility index (Phi) is 4.22. The average Bonchev–Trinajstić information content (AvgIpc) is 2.26. The van der Waals surface area contributed by atoms with Crippen molar-refractivity contribution < 1.29 is 19.4 Å². The van der Waals surface area contributed by atoms with Gasteiger partial charge in [-0.1, -0.05) is 12.1 Å². The Labute approximate surface area is 87.7 Å². The molecule has 4 nitrogen and oxygen atoms in total. The van der Waals surface area contributed by atoms with Crippen LogP contribution in [0.4, 0.5) is 0 Å². The van der Waals surface area contributed by atoms with Crippen LogP contribution in [0.15, 0.2) is 24.3 Å². The molecular formula is C11H12O4. The van der Waals surface area contributed by atoms with Gasteiger partial charge in [0.05, 0.1) is 7.11 Å². The van der Waals surface area contributed by atoms with E-state index in [-0.39, 0.29) is 12.4 Å². The van der Waals surface area contributed by atoms with Crippen molar-refractivity contribution in [2.45, 2.75) is 0 Å². The smallest absolute Gasteiger partial charge is 0.293 e. The second-order valence-electron chi connectivity index (χ2n) is 2.76. The van der Waals surface area contributed by atoms with Crippen molar-refractivity contribution in [2.75, 3.05) is 13.7 Å². The van der Waals surface area contributed by atoms with Gasteiger partial charge in [-0.05, 0) is 23.8 Å². The van der Waals surface area contributed by atoms with E-state index in [1.54, 1.807) is 30.4 Å². The summed E-state index contributed by atoms with van der Waals surface area (Å²) in [6.45, 7) is 0.619. The van der Waals surface area contributed by atoms with Gasteiger partial charge in [0.1, 0.15) is 6.61 Å². The lowest BCUT2D eigenvalue weighted by Gasteiger charge is -2.03. The number of phenolic OH excluding ortho intramolecular Hbond substituents is 1. The van der Waals surface area contributed by atoms with Gasteiger partial charge in [-0.15, -0.1) is 0 Å². The second kappa shape index (κ2) is 5.70. The number of hydrogen-bond donors (Lipinski definition) is 1. The quantitative estimate of drug-likeness (QED) is 0.589. The molecule has 0 unspecified atom stereocenters. The van der Waals surface area contributed by atoms with Gasteiger partial charge in [0.2, 0.25) is 0 Å². The number of hydrogen-bond acceptors (Lipinski definition) is 4. The summed E-state index contributed by atoms with van der Waals surface area (Å²) in [7, 11) is 1.48. The average molecular weight is 208 g/mol. The third kappa shape index (κ3) is 3.34. The summed E-state index contributed by atoms with van der Waals surface area (Å²) in [5, 5.41) is 9.32. The van der Waals surface area contributed by atoms with Crippen LogP contribution in [0.2, 0.25) is 0 Å². The molecule has 1 aromatic rings. The molecule has 0 amide bonds. The summed E-state index contributed by atoms with van der Waals surface area (Å²) in [4.78, 5) is 9.85. The minimum Gasteiger partial charge on any atom is -0.504 e. The maximum Gasteiger partial charge on any atom is 0.293 e. The van der Waals surface area contributed by atoms with Crippen LogP contribution in [0.5, 0.6) is 11.5 Å². The number of carbonyl (C=O) groups is 1. The number of rotatable bonds is 5. The number of carbonyl (C=O) groups excluding carboxylic acids is 1. The van der Waals surface area contributed by atoms with Gasteiger partial charge >= 0.3 is 0 Å². The summed E-state index contributed by atoms with van der Waals surface area (Å²) in [5.41, 5.74) is 0.860. The molecule has 0 spiro atoms. The lowest BCUT2D eigenvalue weighted by atomic mass is 10.2. The van der Waals surface area contributed by atoms with Gasteiger partial charge in [-0.3, -0.25) is 4.79 Å². The zero-order valence-electron chi connectivity index (χ0n) is 8.34. The molecule has 1 N–H and O–H groups in total. The lowest BCUT2D eigenvalue weighted by Crippen LogP contribution is -1.86. The zero-order valence-corrected chi connectivity index (χ0v) is 8.34. The van der Waals surface area contributed by atoms with E-state index in [1.807, 2.05) is 0 Å². The van der Waals surface area contributed by atoms with E-state index < -0.39 is 0 Å². The van der Waals surface area contributed by atoms with Crippen molar-refractivity contribution in [3.8, 4) is 11.5 Å². The molecule has 0 aliphatic rings. The summed E-state index contributed by atoms with van der Waals surface area (Å²) >= 11 is 0. The topological polar surface area (TPSA) is 55.8 Å². The molecular weight excluding hydrogens is 196 g/mol. The Morgan fingerprint density at radius 2 is 2.27 bits per heavy atom. The van der Waals surface area contributed by atoms with Gasteiger partial charge in [-0.2, -0.15) is 0 Å². The minimum absolute atomic E-state index is 0.0961. The van der Waals surface area contributed by atoms with Gasteiger partial charge < -0.3 is 14.6 Å². The van der Waals surface area contributed by atoms with Crippen molar-refractivity contribution in [1.82, 2.24) is 0 Å². The first kappa shape index (κ1) is 11.1. The maximum absolute atomic E-state index is 9.85. The van der Waals surface area contributed by atoms with Crippen LogP contribution in [0.1, 0.15) is 5.56 Å². The predicted octanol–water partition coefficient (Wildman–Crippen LogP) is 1.59. The Hall–Kier alpha value is -1.97. The number of methoxy groups -OCH3 is 1. The SMILES string of the molecule is COc1cc(/C=C/COC=O)ccc1O. The highest BCUT2D eigenvalue weighted by Crippen LogP contribution is 2.26. The van der Waals surface area contributed by atoms with E-state index in [9.17, 15) is 9.90 Å². The summed E-state index contributed by atoms with van der Waals surface area (Å²) in [5.74, 6) is 0.507. The molecule has 0 fully saturated rings. The summed E-state index contributed by atoms with van der Waals surface area (Å²) in [6.07, 6.45) is 3.46. The number of ether oxygens (including phenoxy) is 2. The van der Waals surface area contributed by atoms with E-state index in [0.717, 1.165) is 5.56 Å². The Morgan fingerprint density at radius 1 is 1.47 bits per heavy atom. The molecule has 15 heavy (non-hydrogen) atoms. The van der Waals surface area contributed by atoms with Crippen LogP contribution in [0.3, 0.4) is 0 Å². The van der Waals surface area contributed by atoms with Crippen molar-refractivity contribution in [1.29, 1.82) is 0 Å². The summed E-state index contributed by atoms with van der Waals surface area (Å²) in [6, 6.07) is 4.96. The summed E-state index contributed by atoms with van der Waals surface area (Å²) < 4.78 is 9.43. The molecule has 0 aliphatic carbocycles. The molecule has 4 heteroatoms. The highest BCUT2D eigenvalue weighted by Gasteiger charge is 1.99. The van der Waals surface area contributed by atoms with Crippen molar-refractivity contribution in [2.24, 2.45) is 0 Å². The fraction of sp³-hybridized carbons (Fsp3) is 0.182. The van der Waals surface area contributed by atoms with Crippen molar-refractivity contribution in [3.05, 3.63) is 29.8 Å². The normalized spacial score (nSPS) is 10.2. The molecule has 0 saturated heterocycles. The first-order chi connectivity index (χ1) is 7.27. The zero-order chi connectivity index (χ0) is 11.1. The van der Waals surface area contributed by atoms with E-state index in [2.05, 4.69) is 4.74 Å². The molecule has 1 rings (SSSR count). The van der Waals surface area contributed by atoms with E-state index >= 15 is 0 Å². The lowest BCUT2D eigenvalue weighted by molar-refractivity contribution is -0.127. The first-order valence-corrected chi connectivity index (χ1v) is 4.36. The Balaban J connectivity index is 2.69. The van der Waals surface area contributed by atoms with Crippen LogP contribution >= 0.6 is 0 Å². The molecule has 0 aliphatic heterocycles. The Morgan fingerprint density at radius 3 is 2.93 bits per heavy atom. The minimum atomic E-state index is 0.0961. The van der Waals surface area contributed by atoms with Crippen LogP contribution in [0.25, 0.3) is 6.08 Å². The highest BCUT2D eigenvalue weighted by atomic mass is 16.5. The number of benzene rings is 1. The molecule has 0 radical (unpaired) electrons. The van der Waals surface area contributed by atoms with E-state index in [4.69, 9.17) is 4.74 Å². The fourth-order valence-corrected chi connectivity index (χ4v) is 1.08. The van der Waals surface area contributed by atoms with E-state index in [1.165, 1.54) is 7.11 Å². The largest absolute Gasteiger partial charge is 0.504 e. The first-order valence-electron chi connectivity index (χ1n) is 4.36. The molecule has 80 valence electrons. The molecule has 0 aromatic heterocycles. The molecule has 0 bridgehead atoms. The standard InChI is InChI=1S/C11H12O4/c1-14-11-7-9(4-5-10(11)13)3-2-6-15-8-12/h2-5,7-8,13H,6H2,1H3/b3-2+. The predicted molar refractivity (Wildman–Crippen MR) is 55.7 cm³/mol. The second-order valence-corrected chi connectivity index (χ2v) is 2.76. The molecule has 1 aromatic carbocycles. The van der Waals surface area contributed by atoms with Crippen molar-refractivity contribution in [3.63, 3.8) is 0 Å². The van der Waals surface area contributed by atoms with Gasteiger partial charge in [0, 0.05) is 0 Å². The fourth-order valence-electron chi connectivity index (χ4n) is 1.08. The molecule has 0 heterocycles. The van der Waals surface area contributed by atoms with Crippen LogP contribution in [-0.2, 0) is 9.53 Å². The van der Waals surface area contributed by atoms with Crippen LogP contribution in [0, 0.1) is 0 Å².